The van der Waals surface area contributed by atoms with Gasteiger partial charge < -0.3 is 4.90 Å². The molecule has 1 saturated carbocycles. The van der Waals surface area contributed by atoms with Gasteiger partial charge in [-0.3, -0.25) is 9.71 Å². The van der Waals surface area contributed by atoms with Crippen molar-refractivity contribution in [3.05, 3.63) is 11.0 Å². The fourth-order valence-electron chi connectivity index (χ4n) is 2.55. The van der Waals surface area contributed by atoms with E-state index in [0.29, 0.717) is 6.04 Å². The van der Waals surface area contributed by atoms with E-state index in [9.17, 15) is 0 Å². The van der Waals surface area contributed by atoms with Crippen molar-refractivity contribution in [2.45, 2.75) is 52.0 Å². The molecule has 2 rings (SSSR count). The molecule has 114 valence electrons. The summed E-state index contributed by atoms with van der Waals surface area (Å²) in [5, 5.41) is 0. The van der Waals surface area contributed by atoms with Crippen molar-refractivity contribution in [3.8, 4) is 0 Å². The zero-order valence-corrected chi connectivity index (χ0v) is 14.4. The molecule has 1 heterocycles. The summed E-state index contributed by atoms with van der Waals surface area (Å²) in [6.45, 7) is 8.61. The minimum Gasteiger partial charge on any atom is -0.300 e. The molecule has 0 saturated heterocycles. The standard InChI is InChI=1S/C15H27N3S2/c1-3-18(4-2)11-10-14-12-16-15(19-14)20-17-13-8-6-5-7-9-13/h10,13,17H,3-9,11-12H2,1-2H3/b14-10-. The van der Waals surface area contributed by atoms with Crippen LogP contribution in [0.2, 0.25) is 0 Å². The van der Waals surface area contributed by atoms with Crippen molar-refractivity contribution in [1.82, 2.24) is 9.62 Å². The highest BCUT2D eigenvalue weighted by molar-refractivity contribution is 8.39. The summed E-state index contributed by atoms with van der Waals surface area (Å²) < 4.78 is 4.79. The quantitative estimate of drug-likeness (QED) is 0.753. The highest BCUT2D eigenvalue weighted by Gasteiger charge is 2.17. The number of nitrogens with one attached hydrogen (secondary N) is 1. The van der Waals surface area contributed by atoms with Gasteiger partial charge >= 0.3 is 0 Å². The fraction of sp³-hybridized carbons (Fsp3) is 0.800. The summed E-state index contributed by atoms with van der Waals surface area (Å²) in [6, 6.07) is 0.695. The van der Waals surface area contributed by atoms with Gasteiger partial charge in [0.2, 0.25) is 0 Å². The molecule has 0 spiro atoms. The largest absolute Gasteiger partial charge is 0.300 e. The molecule has 1 aliphatic carbocycles. The van der Waals surface area contributed by atoms with E-state index in [-0.39, 0.29) is 0 Å². The molecule has 0 amide bonds. The van der Waals surface area contributed by atoms with Crippen molar-refractivity contribution in [2.75, 3.05) is 26.2 Å². The Morgan fingerprint density at radius 2 is 2.05 bits per heavy atom. The second-order valence-corrected chi connectivity index (χ2v) is 7.60. The van der Waals surface area contributed by atoms with Gasteiger partial charge in [0.1, 0.15) is 4.38 Å². The molecular weight excluding hydrogens is 286 g/mol. The third-order valence-electron chi connectivity index (χ3n) is 3.97. The predicted molar refractivity (Wildman–Crippen MR) is 93.4 cm³/mol. The maximum atomic E-state index is 4.62. The lowest BCUT2D eigenvalue weighted by Gasteiger charge is -2.21. The molecule has 0 atom stereocenters. The van der Waals surface area contributed by atoms with Crippen molar-refractivity contribution in [1.29, 1.82) is 0 Å². The average Bonchev–Trinajstić information content (AvgIpc) is 2.95. The van der Waals surface area contributed by atoms with Crippen LogP contribution in [0, 0.1) is 0 Å². The number of hydrogen-bond donors (Lipinski definition) is 1. The Morgan fingerprint density at radius 1 is 1.30 bits per heavy atom. The average molecular weight is 314 g/mol. The molecule has 1 N–H and O–H groups in total. The molecule has 0 aromatic rings. The van der Waals surface area contributed by atoms with Gasteiger partial charge in [-0.15, -0.1) is 0 Å². The van der Waals surface area contributed by atoms with Crippen LogP contribution in [-0.4, -0.2) is 41.5 Å². The van der Waals surface area contributed by atoms with Gasteiger partial charge in [-0.25, -0.2) is 0 Å². The minimum absolute atomic E-state index is 0.695. The second-order valence-electron chi connectivity index (χ2n) is 5.40. The van der Waals surface area contributed by atoms with Crippen LogP contribution in [0.4, 0.5) is 0 Å². The first-order valence-corrected chi connectivity index (χ1v) is 9.51. The van der Waals surface area contributed by atoms with Crippen LogP contribution in [0.5, 0.6) is 0 Å². The van der Waals surface area contributed by atoms with E-state index in [1.807, 2.05) is 11.8 Å². The summed E-state index contributed by atoms with van der Waals surface area (Å²) >= 11 is 3.60. The molecular formula is C15H27N3S2. The molecule has 0 aromatic heterocycles. The van der Waals surface area contributed by atoms with Crippen molar-refractivity contribution < 1.29 is 0 Å². The Hall–Kier alpha value is 0.0300. The van der Waals surface area contributed by atoms with Crippen LogP contribution in [0.3, 0.4) is 0 Å². The summed E-state index contributed by atoms with van der Waals surface area (Å²) in [5.41, 5.74) is 0. The topological polar surface area (TPSA) is 27.6 Å². The maximum absolute atomic E-state index is 4.62. The van der Waals surface area contributed by atoms with E-state index >= 15 is 0 Å². The van der Waals surface area contributed by atoms with E-state index in [0.717, 1.165) is 26.2 Å². The van der Waals surface area contributed by atoms with Gasteiger partial charge in [0.05, 0.1) is 6.54 Å². The van der Waals surface area contributed by atoms with Crippen molar-refractivity contribution in [2.24, 2.45) is 4.99 Å². The number of hydrogen-bond acceptors (Lipinski definition) is 5. The van der Waals surface area contributed by atoms with Crippen LogP contribution in [0.15, 0.2) is 16.0 Å². The molecule has 0 aromatic carbocycles. The van der Waals surface area contributed by atoms with Crippen LogP contribution in [-0.2, 0) is 0 Å². The Morgan fingerprint density at radius 3 is 2.75 bits per heavy atom. The van der Waals surface area contributed by atoms with Crippen molar-refractivity contribution >= 4 is 28.1 Å². The van der Waals surface area contributed by atoms with E-state index in [2.05, 4.69) is 34.5 Å². The molecule has 3 nitrogen and oxygen atoms in total. The van der Waals surface area contributed by atoms with Crippen LogP contribution >= 0.6 is 23.7 Å². The Kier molecular flexibility index (Phi) is 7.49. The first-order chi connectivity index (χ1) is 9.81. The molecule has 0 bridgehead atoms. The van der Waals surface area contributed by atoms with Crippen LogP contribution in [0.25, 0.3) is 0 Å². The zero-order valence-electron chi connectivity index (χ0n) is 12.7. The summed E-state index contributed by atoms with van der Waals surface area (Å²) in [5.74, 6) is 0. The smallest absolute Gasteiger partial charge is 0.144 e. The van der Waals surface area contributed by atoms with E-state index in [1.54, 1.807) is 11.9 Å². The monoisotopic (exact) mass is 313 g/mol. The molecule has 20 heavy (non-hydrogen) atoms. The van der Waals surface area contributed by atoms with Crippen molar-refractivity contribution in [3.63, 3.8) is 0 Å². The lowest BCUT2D eigenvalue weighted by Crippen LogP contribution is -2.26. The molecule has 2 aliphatic rings. The third-order valence-corrected chi connectivity index (χ3v) is 6.09. The summed E-state index contributed by atoms with van der Waals surface area (Å²) in [6.07, 6.45) is 9.18. The fourth-order valence-corrected chi connectivity index (χ4v) is 4.45. The predicted octanol–water partition coefficient (Wildman–Crippen LogP) is 3.89. The van der Waals surface area contributed by atoms with Gasteiger partial charge in [-0.1, -0.05) is 50.9 Å². The maximum Gasteiger partial charge on any atom is 0.144 e. The minimum atomic E-state index is 0.695. The number of thioether (sulfide) groups is 1. The lowest BCUT2D eigenvalue weighted by atomic mass is 9.96. The Labute approximate surface area is 132 Å². The summed E-state index contributed by atoms with van der Waals surface area (Å²) in [4.78, 5) is 8.46. The van der Waals surface area contributed by atoms with Crippen LogP contribution in [0.1, 0.15) is 46.0 Å². The van der Waals surface area contributed by atoms with E-state index in [4.69, 9.17) is 0 Å². The molecule has 5 heteroatoms. The van der Waals surface area contributed by atoms with E-state index in [1.165, 1.54) is 41.4 Å². The number of nitrogens with zero attached hydrogens (tertiary/aromatic N) is 2. The third kappa shape index (κ3) is 5.43. The molecule has 1 fully saturated rings. The number of aliphatic imine (C=N–C) groups is 1. The summed E-state index contributed by atoms with van der Waals surface area (Å²) in [7, 11) is 0. The van der Waals surface area contributed by atoms with Crippen LogP contribution < -0.4 is 4.72 Å². The number of likely N-dealkylation sites (N-methyl/N-ethyl adjacent to an activating group) is 1. The van der Waals surface area contributed by atoms with Gasteiger partial charge in [-0.2, -0.15) is 0 Å². The highest BCUT2D eigenvalue weighted by atomic mass is 32.2. The Balaban J connectivity index is 1.67. The second kappa shape index (κ2) is 9.13. The molecule has 1 aliphatic heterocycles. The first kappa shape index (κ1) is 16.4. The first-order valence-electron chi connectivity index (χ1n) is 7.87. The number of rotatable bonds is 6. The normalized spacial score (nSPS) is 22.8. The molecule has 0 radical (unpaired) electrons. The van der Waals surface area contributed by atoms with Gasteiger partial charge in [0.25, 0.3) is 0 Å². The van der Waals surface area contributed by atoms with Gasteiger partial charge in [0, 0.05) is 17.5 Å². The lowest BCUT2D eigenvalue weighted by molar-refractivity contribution is 0.337. The molecule has 0 unspecified atom stereocenters. The Bertz CT molecular complexity index is 345. The highest BCUT2D eigenvalue weighted by Crippen LogP contribution is 2.31. The SMILES string of the molecule is CCN(CC)C/C=C1/CN=C(SNC2CCCCC2)S1. The van der Waals surface area contributed by atoms with Gasteiger partial charge in [0.15, 0.2) is 0 Å². The van der Waals surface area contributed by atoms with Gasteiger partial charge in [-0.05, 0) is 37.9 Å². The van der Waals surface area contributed by atoms with E-state index < -0.39 is 0 Å². The zero-order chi connectivity index (χ0) is 14.2.